The minimum absolute atomic E-state index is 0.119. The molecule has 1 unspecified atom stereocenters. The lowest BCUT2D eigenvalue weighted by atomic mass is 9.90. The minimum atomic E-state index is -0.119. The Hall–Kier alpha value is -3.31. The van der Waals surface area contributed by atoms with Gasteiger partial charge < -0.3 is 14.4 Å². The monoisotopic (exact) mass is 443 g/mol. The van der Waals surface area contributed by atoms with Crippen molar-refractivity contribution in [2.45, 2.75) is 18.9 Å². The lowest BCUT2D eigenvalue weighted by Crippen LogP contribution is -2.41. The lowest BCUT2D eigenvalue weighted by molar-refractivity contribution is -0.132. The largest absolute Gasteiger partial charge is 0.493 e. The van der Waals surface area contributed by atoms with Gasteiger partial charge in [-0.1, -0.05) is 48.5 Å². The number of hydrogen-bond acceptors (Lipinski definition) is 4. The highest BCUT2D eigenvalue weighted by molar-refractivity contribution is 7.10. The van der Waals surface area contributed by atoms with E-state index in [9.17, 15) is 4.79 Å². The summed E-state index contributed by atoms with van der Waals surface area (Å²) in [7, 11) is 3.30. The lowest BCUT2D eigenvalue weighted by Gasteiger charge is -2.37. The second kappa shape index (κ2) is 8.67. The van der Waals surface area contributed by atoms with Gasteiger partial charge >= 0.3 is 0 Å². The number of carbonyl (C=O) groups is 1. The SMILES string of the molecule is COc1cc2c(cc1OC)C(c1cccs1)N(C(=O)Cc1ccc3ccccc3c1)CC2. The molecule has 5 heteroatoms. The third-order valence-electron chi connectivity index (χ3n) is 6.18. The number of nitrogens with zero attached hydrogens (tertiary/aromatic N) is 1. The van der Waals surface area contributed by atoms with E-state index in [-0.39, 0.29) is 11.9 Å². The number of amides is 1. The second-order valence-electron chi connectivity index (χ2n) is 8.02. The summed E-state index contributed by atoms with van der Waals surface area (Å²) in [6, 6.07) is 22.7. The molecule has 0 saturated carbocycles. The Morgan fingerprint density at radius 2 is 1.75 bits per heavy atom. The number of fused-ring (bicyclic) bond motifs is 2. The number of rotatable bonds is 5. The van der Waals surface area contributed by atoms with Gasteiger partial charge in [0.25, 0.3) is 0 Å². The second-order valence-corrected chi connectivity index (χ2v) is 9.00. The van der Waals surface area contributed by atoms with Crippen molar-refractivity contribution in [1.29, 1.82) is 0 Å². The molecule has 0 fully saturated rings. The molecule has 1 atom stereocenters. The molecule has 0 aliphatic carbocycles. The highest BCUT2D eigenvalue weighted by Gasteiger charge is 2.33. The van der Waals surface area contributed by atoms with Gasteiger partial charge in [-0.3, -0.25) is 4.79 Å². The first kappa shape index (κ1) is 20.6. The maximum atomic E-state index is 13.6. The van der Waals surface area contributed by atoms with E-state index in [1.807, 2.05) is 29.2 Å². The molecule has 4 nitrogen and oxygen atoms in total. The summed E-state index contributed by atoms with van der Waals surface area (Å²) >= 11 is 1.68. The molecule has 3 aromatic carbocycles. The fourth-order valence-electron chi connectivity index (χ4n) is 4.59. The van der Waals surface area contributed by atoms with Gasteiger partial charge in [0.2, 0.25) is 5.91 Å². The van der Waals surface area contributed by atoms with Gasteiger partial charge in [-0.15, -0.1) is 11.3 Å². The minimum Gasteiger partial charge on any atom is -0.493 e. The van der Waals surface area contributed by atoms with Crippen LogP contribution in [0.25, 0.3) is 10.8 Å². The first-order valence-electron chi connectivity index (χ1n) is 10.7. The Balaban J connectivity index is 1.50. The maximum absolute atomic E-state index is 13.6. The van der Waals surface area contributed by atoms with Gasteiger partial charge in [0, 0.05) is 11.4 Å². The molecule has 5 rings (SSSR count). The van der Waals surface area contributed by atoms with Crippen LogP contribution in [0.4, 0.5) is 0 Å². The number of ether oxygens (including phenoxy) is 2. The van der Waals surface area contributed by atoms with Gasteiger partial charge in [-0.2, -0.15) is 0 Å². The molecule has 162 valence electrons. The van der Waals surface area contributed by atoms with Crippen molar-refractivity contribution in [2.24, 2.45) is 0 Å². The average molecular weight is 444 g/mol. The van der Waals surface area contributed by atoms with Crippen LogP contribution in [0.1, 0.15) is 27.6 Å². The van der Waals surface area contributed by atoms with Crippen LogP contribution in [0.15, 0.2) is 72.1 Å². The van der Waals surface area contributed by atoms with Crippen LogP contribution in [-0.2, 0) is 17.6 Å². The Morgan fingerprint density at radius 3 is 2.50 bits per heavy atom. The molecule has 4 aromatic rings. The molecular weight excluding hydrogens is 418 g/mol. The topological polar surface area (TPSA) is 38.8 Å². The van der Waals surface area contributed by atoms with Crippen LogP contribution in [0, 0.1) is 0 Å². The number of carbonyl (C=O) groups excluding carboxylic acids is 1. The summed E-state index contributed by atoms with van der Waals surface area (Å²) in [5.41, 5.74) is 3.36. The maximum Gasteiger partial charge on any atom is 0.227 e. The predicted octanol–water partition coefficient (Wildman–Crippen LogP) is 5.64. The molecule has 0 spiro atoms. The van der Waals surface area contributed by atoms with Gasteiger partial charge in [0.1, 0.15) is 0 Å². The van der Waals surface area contributed by atoms with Crippen molar-refractivity contribution in [1.82, 2.24) is 4.90 Å². The summed E-state index contributed by atoms with van der Waals surface area (Å²) in [5, 5.41) is 4.41. The van der Waals surface area contributed by atoms with Gasteiger partial charge in [-0.25, -0.2) is 0 Å². The van der Waals surface area contributed by atoms with E-state index < -0.39 is 0 Å². The smallest absolute Gasteiger partial charge is 0.227 e. The van der Waals surface area contributed by atoms with E-state index in [0.717, 1.165) is 33.6 Å². The third-order valence-corrected chi connectivity index (χ3v) is 7.10. The van der Waals surface area contributed by atoms with E-state index in [0.29, 0.717) is 18.7 Å². The molecule has 32 heavy (non-hydrogen) atoms. The van der Waals surface area contributed by atoms with Crippen LogP contribution >= 0.6 is 11.3 Å². The number of hydrogen-bond donors (Lipinski definition) is 0. The average Bonchev–Trinajstić information content (AvgIpc) is 3.36. The third kappa shape index (κ3) is 3.73. The molecule has 1 aliphatic heterocycles. The Bertz CT molecular complexity index is 1270. The Labute approximate surface area is 192 Å². The number of thiophene rings is 1. The van der Waals surface area contributed by atoms with Crippen molar-refractivity contribution in [3.05, 3.63) is 93.7 Å². The highest BCUT2D eigenvalue weighted by Crippen LogP contribution is 2.42. The van der Waals surface area contributed by atoms with Crippen molar-refractivity contribution >= 4 is 28.0 Å². The molecule has 0 N–H and O–H groups in total. The normalized spacial score (nSPS) is 15.4. The number of methoxy groups -OCH3 is 2. The van der Waals surface area contributed by atoms with E-state index >= 15 is 0 Å². The summed E-state index contributed by atoms with van der Waals surface area (Å²) < 4.78 is 11.1. The molecular formula is C27H25NO3S. The van der Waals surface area contributed by atoms with E-state index in [1.54, 1.807) is 25.6 Å². The van der Waals surface area contributed by atoms with Crippen LogP contribution in [0.5, 0.6) is 11.5 Å². The van der Waals surface area contributed by atoms with E-state index in [4.69, 9.17) is 9.47 Å². The van der Waals surface area contributed by atoms with Crippen molar-refractivity contribution in [3.63, 3.8) is 0 Å². The fourth-order valence-corrected chi connectivity index (χ4v) is 5.45. The molecule has 1 aliphatic rings. The van der Waals surface area contributed by atoms with Crippen LogP contribution in [0.3, 0.4) is 0 Å². The van der Waals surface area contributed by atoms with Gasteiger partial charge in [0.15, 0.2) is 11.5 Å². The predicted molar refractivity (Wildman–Crippen MR) is 129 cm³/mol. The molecule has 2 heterocycles. The number of benzene rings is 3. The summed E-state index contributed by atoms with van der Waals surface area (Å²) in [6.07, 6.45) is 1.18. The molecule has 0 radical (unpaired) electrons. The fraction of sp³-hybridized carbons (Fsp3) is 0.222. The Kier molecular flexibility index (Phi) is 5.58. The molecule has 1 amide bonds. The van der Waals surface area contributed by atoms with E-state index in [1.165, 1.54) is 10.9 Å². The highest BCUT2D eigenvalue weighted by atomic mass is 32.1. The molecule has 0 bridgehead atoms. The Morgan fingerprint density at radius 1 is 0.969 bits per heavy atom. The van der Waals surface area contributed by atoms with Crippen molar-refractivity contribution in [2.75, 3.05) is 20.8 Å². The quantitative estimate of drug-likeness (QED) is 0.401. The summed E-state index contributed by atoms with van der Waals surface area (Å²) in [5.74, 6) is 1.56. The van der Waals surface area contributed by atoms with Crippen LogP contribution in [0.2, 0.25) is 0 Å². The molecule has 0 saturated heterocycles. The zero-order valence-corrected chi connectivity index (χ0v) is 19.0. The first-order chi connectivity index (χ1) is 15.7. The van der Waals surface area contributed by atoms with Gasteiger partial charge in [0.05, 0.1) is 26.7 Å². The van der Waals surface area contributed by atoms with Crippen LogP contribution < -0.4 is 9.47 Å². The standard InChI is InChI=1S/C27H25NO3S/c1-30-23-16-21-11-12-28(27(25-8-5-13-32-25)22(21)17-24(23)31-2)26(29)15-18-9-10-19-6-3-4-7-20(19)14-18/h3-10,13-14,16-17,27H,11-12,15H2,1-2H3. The van der Waals surface area contributed by atoms with Crippen molar-refractivity contribution in [3.8, 4) is 11.5 Å². The molecule has 1 aromatic heterocycles. The zero-order chi connectivity index (χ0) is 22.1. The van der Waals surface area contributed by atoms with Crippen molar-refractivity contribution < 1.29 is 14.3 Å². The van der Waals surface area contributed by atoms with Crippen LogP contribution in [-0.4, -0.2) is 31.6 Å². The summed E-state index contributed by atoms with van der Waals surface area (Å²) in [6.45, 7) is 0.678. The van der Waals surface area contributed by atoms with E-state index in [2.05, 4.69) is 47.8 Å². The van der Waals surface area contributed by atoms with Gasteiger partial charge in [-0.05, 0) is 57.5 Å². The summed E-state index contributed by atoms with van der Waals surface area (Å²) in [4.78, 5) is 16.8. The zero-order valence-electron chi connectivity index (χ0n) is 18.2. The first-order valence-corrected chi connectivity index (χ1v) is 11.6.